The van der Waals surface area contributed by atoms with Crippen LogP contribution >= 0.6 is 0 Å². The number of fused-ring (bicyclic) bond motifs is 1. The second-order valence-corrected chi connectivity index (χ2v) is 4.65. The van der Waals surface area contributed by atoms with Crippen LogP contribution in [0.15, 0.2) is 24.3 Å². The van der Waals surface area contributed by atoms with E-state index in [9.17, 15) is 0 Å². The molecule has 0 amide bonds. The molecule has 3 aliphatic rings. The molecule has 12 heavy (non-hydrogen) atoms. The van der Waals surface area contributed by atoms with Gasteiger partial charge in [-0.15, -0.1) is 0 Å². The maximum absolute atomic E-state index is 6.06. The minimum Gasteiger partial charge on any atom is -0.327 e. The molecular formula is C11H15N. The quantitative estimate of drug-likeness (QED) is 0.576. The summed E-state index contributed by atoms with van der Waals surface area (Å²) in [4.78, 5) is 0. The lowest BCUT2D eigenvalue weighted by atomic mass is 9.72. The largest absolute Gasteiger partial charge is 0.327 e. The molecule has 4 unspecified atom stereocenters. The summed E-state index contributed by atoms with van der Waals surface area (Å²) in [6, 6.07) is 0.484. The van der Waals surface area contributed by atoms with Gasteiger partial charge in [0, 0.05) is 6.04 Å². The van der Waals surface area contributed by atoms with Gasteiger partial charge in [0.25, 0.3) is 0 Å². The lowest BCUT2D eigenvalue weighted by Gasteiger charge is -2.34. The Bertz CT molecular complexity index is 262. The van der Waals surface area contributed by atoms with E-state index in [1.54, 1.807) is 0 Å². The first-order valence-corrected chi connectivity index (χ1v) is 4.92. The fourth-order valence-electron chi connectivity index (χ4n) is 3.43. The predicted octanol–water partition coefficient (Wildman–Crippen LogP) is 1.86. The van der Waals surface area contributed by atoms with Gasteiger partial charge in [-0.2, -0.15) is 0 Å². The molecule has 0 radical (unpaired) electrons. The fraction of sp³-hybridized carbons (Fsp3) is 0.636. The molecule has 1 spiro atoms. The third-order valence-corrected chi connectivity index (χ3v) is 4.04. The molecular weight excluding hydrogens is 146 g/mol. The molecule has 3 aliphatic carbocycles. The number of rotatable bonds is 0. The van der Waals surface area contributed by atoms with Crippen LogP contribution < -0.4 is 5.73 Å². The van der Waals surface area contributed by atoms with Crippen LogP contribution in [0.25, 0.3) is 0 Å². The monoisotopic (exact) mass is 161 g/mol. The van der Waals surface area contributed by atoms with Crippen molar-refractivity contribution in [2.45, 2.75) is 25.3 Å². The third kappa shape index (κ3) is 0.680. The molecule has 0 aliphatic heterocycles. The molecule has 0 saturated heterocycles. The number of hydrogen-bond acceptors (Lipinski definition) is 1. The first-order chi connectivity index (χ1) is 5.80. The van der Waals surface area contributed by atoms with Crippen molar-refractivity contribution in [3.8, 4) is 0 Å². The summed E-state index contributed by atoms with van der Waals surface area (Å²) in [6.07, 6.45) is 13.1. The summed E-state index contributed by atoms with van der Waals surface area (Å²) in [6.45, 7) is 0. The van der Waals surface area contributed by atoms with Crippen molar-refractivity contribution in [3.63, 3.8) is 0 Å². The van der Waals surface area contributed by atoms with E-state index in [0.717, 1.165) is 11.8 Å². The Kier molecular flexibility index (Phi) is 1.16. The zero-order valence-electron chi connectivity index (χ0n) is 7.24. The molecule has 1 nitrogen and oxygen atoms in total. The molecule has 2 bridgehead atoms. The first kappa shape index (κ1) is 6.90. The van der Waals surface area contributed by atoms with Crippen LogP contribution in [-0.4, -0.2) is 6.04 Å². The summed E-state index contributed by atoms with van der Waals surface area (Å²) >= 11 is 0. The Morgan fingerprint density at radius 1 is 1.25 bits per heavy atom. The highest BCUT2D eigenvalue weighted by Gasteiger charge is 2.53. The highest BCUT2D eigenvalue weighted by Crippen LogP contribution is 2.59. The minimum absolute atomic E-state index is 0.484. The van der Waals surface area contributed by atoms with Crippen LogP contribution in [0.5, 0.6) is 0 Å². The number of allylic oxidation sites excluding steroid dienone is 4. The molecule has 0 aromatic rings. The van der Waals surface area contributed by atoms with Crippen LogP contribution in [0.3, 0.4) is 0 Å². The van der Waals surface area contributed by atoms with Crippen LogP contribution in [0.4, 0.5) is 0 Å². The fourth-order valence-corrected chi connectivity index (χ4v) is 3.43. The van der Waals surface area contributed by atoms with Gasteiger partial charge in [-0.1, -0.05) is 24.3 Å². The van der Waals surface area contributed by atoms with Gasteiger partial charge in [-0.3, -0.25) is 0 Å². The number of nitrogens with two attached hydrogens (primary N) is 1. The molecule has 1 heteroatoms. The van der Waals surface area contributed by atoms with Crippen LogP contribution in [0, 0.1) is 17.3 Å². The molecule has 2 N–H and O–H groups in total. The molecule has 0 aromatic carbocycles. The molecule has 0 heterocycles. The summed E-state index contributed by atoms with van der Waals surface area (Å²) in [7, 11) is 0. The van der Waals surface area contributed by atoms with E-state index in [0.29, 0.717) is 11.5 Å². The molecule has 64 valence electrons. The zero-order valence-corrected chi connectivity index (χ0v) is 7.24. The van der Waals surface area contributed by atoms with Crippen molar-refractivity contribution >= 4 is 0 Å². The van der Waals surface area contributed by atoms with Gasteiger partial charge in [0.15, 0.2) is 0 Å². The minimum atomic E-state index is 0.484. The van der Waals surface area contributed by atoms with Crippen LogP contribution in [-0.2, 0) is 0 Å². The van der Waals surface area contributed by atoms with Gasteiger partial charge < -0.3 is 5.73 Å². The first-order valence-electron chi connectivity index (χ1n) is 4.92. The molecule has 2 fully saturated rings. The van der Waals surface area contributed by atoms with Gasteiger partial charge in [0.1, 0.15) is 0 Å². The van der Waals surface area contributed by atoms with Crippen molar-refractivity contribution < 1.29 is 0 Å². The normalized spacial score (nSPS) is 54.6. The van der Waals surface area contributed by atoms with Gasteiger partial charge in [0.2, 0.25) is 0 Å². The lowest BCUT2D eigenvalue weighted by Crippen LogP contribution is -2.33. The predicted molar refractivity (Wildman–Crippen MR) is 49.5 cm³/mol. The van der Waals surface area contributed by atoms with Crippen molar-refractivity contribution in [2.24, 2.45) is 23.0 Å². The van der Waals surface area contributed by atoms with Gasteiger partial charge in [0.05, 0.1) is 0 Å². The van der Waals surface area contributed by atoms with E-state index < -0.39 is 0 Å². The Morgan fingerprint density at radius 2 is 2.17 bits per heavy atom. The standard InChI is InChI=1S/C11H15N/c12-10-7-11-4-2-1-3-9(11)5-8(10)6-11/h1-4,8-10H,5-7,12H2. The SMILES string of the molecule is NC1CC23C=CC=CC2CC1C3. The average Bonchev–Trinajstić information content (AvgIpc) is 2.55. The number of hydrogen-bond donors (Lipinski definition) is 1. The van der Waals surface area contributed by atoms with E-state index >= 15 is 0 Å². The van der Waals surface area contributed by atoms with Gasteiger partial charge >= 0.3 is 0 Å². The molecule has 2 saturated carbocycles. The Morgan fingerprint density at radius 3 is 3.00 bits per heavy atom. The summed E-state index contributed by atoms with van der Waals surface area (Å²) < 4.78 is 0. The topological polar surface area (TPSA) is 26.0 Å². The summed E-state index contributed by atoms with van der Waals surface area (Å²) in [5, 5.41) is 0. The Labute approximate surface area is 73.3 Å². The summed E-state index contributed by atoms with van der Waals surface area (Å²) in [5.41, 5.74) is 6.55. The lowest BCUT2D eigenvalue weighted by molar-refractivity contribution is 0.276. The van der Waals surface area contributed by atoms with E-state index in [4.69, 9.17) is 5.73 Å². The van der Waals surface area contributed by atoms with E-state index in [2.05, 4.69) is 24.3 Å². The summed E-state index contributed by atoms with van der Waals surface area (Å²) in [5.74, 6) is 1.62. The van der Waals surface area contributed by atoms with E-state index in [1.165, 1.54) is 19.3 Å². The molecule has 0 aromatic heterocycles. The molecule has 3 rings (SSSR count). The van der Waals surface area contributed by atoms with Gasteiger partial charge in [-0.25, -0.2) is 0 Å². The second-order valence-electron chi connectivity index (χ2n) is 4.65. The average molecular weight is 161 g/mol. The van der Waals surface area contributed by atoms with E-state index in [1.807, 2.05) is 0 Å². The zero-order chi connectivity index (χ0) is 8.18. The Hall–Kier alpha value is -0.560. The molecule has 4 atom stereocenters. The van der Waals surface area contributed by atoms with Crippen molar-refractivity contribution in [1.82, 2.24) is 0 Å². The second kappa shape index (κ2) is 2.02. The Balaban J connectivity index is 2.01. The van der Waals surface area contributed by atoms with Crippen molar-refractivity contribution in [1.29, 1.82) is 0 Å². The van der Waals surface area contributed by atoms with Crippen LogP contribution in [0.2, 0.25) is 0 Å². The maximum Gasteiger partial charge on any atom is 0.00761 e. The van der Waals surface area contributed by atoms with Crippen molar-refractivity contribution in [2.75, 3.05) is 0 Å². The van der Waals surface area contributed by atoms with Gasteiger partial charge in [-0.05, 0) is 36.5 Å². The smallest absolute Gasteiger partial charge is 0.00761 e. The highest BCUT2D eigenvalue weighted by molar-refractivity contribution is 5.26. The van der Waals surface area contributed by atoms with E-state index in [-0.39, 0.29) is 0 Å². The third-order valence-electron chi connectivity index (χ3n) is 4.04. The van der Waals surface area contributed by atoms with Crippen LogP contribution in [0.1, 0.15) is 19.3 Å². The highest BCUT2D eigenvalue weighted by atomic mass is 14.7. The van der Waals surface area contributed by atoms with Crippen molar-refractivity contribution in [3.05, 3.63) is 24.3 Å². The maximum atomic E-state index is 6.06.